The Labute approximate surface area is 231 Å². The molecule has 0 radical (unpaired) electrons. The summed E-state index contributed by atoms with van der Waals surface area (Å²) in [6.07, 6.45) is 0. The molecule has 3 aromatic heterocycles. The first-order valence-corrected chi connectivity index (χ1v) is 13.1. The number of amides is 1. The molecule has 3 heterocycles. The number of ketones is 1. The van der Waals surface area contributed by atoms with E-state index in [0.717, 1.165) is 0 Å². The number of hydrogen-bond donors (Lipinski definition) is 3. The van der Waals surface area contributed by atoms with Crippen LogP contribution in [-0.4, -0.2) is 39.3 Å². The largest absolute Gasteiger partial charge is 0.352 e. The van der Waals surface area contributed by atoms with Crippen LogP contribution in [0, 0.1) is 17.1 Å². The van der Waals surface area contributed by atoms with Gasteiger partial charge in [-0.2, -0.15) is 5.26 Å². The lowest BCUT2D eigenvalue weighted by molar-refractivity contribution is -0.117. The maximum absolute atomic E-state index is 13.6. The molecule has 5 rings (SSSR count). The van der Waals surface area contributed by atoms with E-state index in [4.69, 9.17) is 0 Å². The highest BCUT2D eigenvalue weighted by Crippen LogP contribution is 2.24. The van der Waals surface area contributed by atoms with E-state index >= 15 is 0 Å². The van der Waals surface area contributed by atoms with E-state index in [-0.39, 0.29) is 35.3 Å². The Hall–Kier alpha value is -4.92. The molecule has 0 aliphatic rings. The van der Waals surface area contributed by atoms with Gasteiger partial charge in [0.25, 0.3) is 5.56 Å². The molecule has 0 aliphatic carbocycles. The van der Waals surface area contributed by atoms with Crippen LogP contribution in [0.2, 0.25) is 0 Å². The molecular weight excluding hydrogens is 531 g/mol. The van der Waals surface area contributed by atoms with Gasteiger partial charge in [0.2, 0.25) is 11.7 Å². The van der Waals surface area contributed by atoms with Gasteiger partial charge in [-0.15, -0.1) is 11.3 Å². The summed E-state index contributed by atoms with van der Waals surface area (Å²) in [4.78, 5) is 46.7. The predicted molar refractivity (Wildman–Crippen MR) is 151 cm³/mol. The van der Waals surface area contributed by atoms with Gasteiger partial charge in [-0.25, -0.2) is 9.37 Å². The molecule has 0 bridgehead atoms. The number of anilines is 1. The van der Waals surface area contributed by atoms with Crippen LogP contribution in [0.1, 0.15) is 33.7 Å². The number of pyridine rings is 1. The van der Waals surface area contributed by atoms with E-state index in [2.05, 4.69) is 26.7 Å². The molecule has 2 aromatic carbocycles. The van der Waals surface area contributed by atoms with Gasteiger partial charge >= 0.3 is 0 Å². The number of nitriles is 1. The van der Waals surface area contributed by atoms with Gasteiger partial charge in [-0.3, -0.25) is 19.0 Å². The molecule has 11 heteroatoms. The molecule has 0 aliphatic heterocycles. The molecule has 9 nitrogen and oxygen atoms in total. The van der Waals surface area contributed by atoms with Gasteiger partial charge in [-0.05, 0) is 68.1 Å². The smallest absolute Gasteiger partial charge is 0.275 e. The van der Waals surface area contributed by atoms with Crippen molar-refractivity contribution in [3.05, 3.63) is 104 Å². The molecule has 3 N–H and O–H groups in total. The highest BCUT2D eigenvalue weighted by atomic mass is 32.1. The Morgan fingerprint density at radius 1 is 1.18 bits per heavy atom. The maximum atomic E-state index is 13.6. The van der Waals surface area contributed by atoms with Crippen molar-refractivity contribution in [1.29, 1.82) is 5.26 Å². The molecule has 0 unspecified atom stereocenters. The molecule has 0 spiro atoms. The van der Waals surface area contributed by atoms with Crippen LogP contribution in [0.5, 0.6) is 0 Å². The monoisotopic (exact) mass is 554 g/mol. The molecule has 0 saturated carbocycles. The van der Waals surface area contributed by atoms with Gasteiger partial charge < -0.3 is 15.6 Å². The Kier molecular flexibility index (Phi) is 7.37. The average molecular weight is 555 g/mol. The van der Waals surface area contributed by atoms with E-state index in [0.29, 0.717) is 32.7 Å². The number of halogens is 1. The van der Waals surface area contributed by atoms with Crippen LogP contribution in [0.4, 0.5) is 10.1 Å². The standard InChI is InChI=1S/C29H23FN6O3S/c1-16(32-2)28(38)35-22-8-9-25(18-5-3-4-17(10-18)13-31)36(29(22)39)14-26-34-24(15-40-26)27(37)23-12-19-11-20(30)6-7-21(19)33-23/h3-12,15-16,32-33H,14H2,1-2H3,(H,35,38)/t16-/m0/s1. The van der Waals surface area contributed by atoms with Gasteiger partial charge in [0, 0.05) is 16.3 Å². The van der Waals surface area contributed by atoms with Crippen LogP contribution in [0.25, 0.3) is 22.2 Å². The number of H-pyrrole nitrogens is 1. The van der Waals surface area contributed by atoms with Crippen molar-refractivity contribution in [2.75, 3.05) is 12.4 Å². The van der Waals surface area contributed by atoms with Crippen LogP contribution in [0.15, 0.2) is 70.8 Å². The maximum Gasteiger partial charge on any atom is 0.275 e. The van der Waals surface area contributed by atoms with Crippen molar-refractivity contribution in [2.45, 2.75) is 19.5 Å². The minimum absolute atomic E-state index is 0.0199. The number of hydrogen-bond acceptors (Lipinski definition) is 7. The van der Waals surface area contributed by atoms with Crippen molar-refractivity contribution in [1.82, 2.24) is 19.9 Å². The Morgan fingerprint density at radius 2 is 2.00 bits per heavy atom. The van der Waals surface area contributed by atoms with Gasteiger partial charge in [-0.1, -0.05) is 12.1 Å². The lowest BCUT2D eigenvalue weighted by Crippen LogP contribution is -2.37. The van der Waals surface area contributed by atoms with Crippen LogP contribution in [0.3, 0.4) is 0 Å². The number of benzene rings is 2. The Morgan fingerprint density at radius 3 is 2.77 bits per heavy atom. The Balaban J connectivity index is 1.51. The summed E-state index contributed by atoms with van der Waals surface area (Å²) in [6.45, 7) is 1.69. The van der Waals surface area contributed by atoms with E-state index in [1.165, 1.54) is 34.1 Å². The number of carbonyl (C=O) groups is 2. The van der Waals surface area contributed by atoms with Gasteiger partial charge in [0.1, 0.15) is 22.2 Å². The highest BCUT2D eigenvalue weighted by molar-refractivity contribution is 7.09. The third-order valence-electron chi connectivity index (χ3n) is 6.45. The number of fused-ring (bicyclic) bond motifs is 1. The van der Waals surface area contributed by atoms with E-state index in [1.807, 2.05) is 0 Å². The van der Waals surface area contributed by atoms with Gasteiger partial charge in [0.15, 0.2) is 0 Å². The molecule has 40 heavy (non-hydrogen) atoms. The quantitative estimate of drug-likeness (QED) is 0.245. The fourth-order valence-electron chi connectivity index (χ4n) is 4.19. The molecule has 200 valence electrons. The summed E-state index contributed by atoms with van der Waals surface area (Å²) in [5.41, 5.74) is 2.29. The predicted octanol–water partition coefficient (Wildman–Crippen LogP) is 4.29. The van der Waals surface area contributed by atoms with Crippen LogP contribution in [-0.2, 0) is 11.3 Å². The van der Waals surface area contributed by atoms with Crippen LogP contribution < -0.4 is 16.2 Å². The number of nitrogens with one attached hydrogen (secondary N) is 3. The normalized spacial score (nSPS) is 11.8. The zero-order valence-corrected chi connectivity index (χ0v) is 22.3. The lowest BCUT2D eigenvalue weighted by Gasteiger charge is -2.16. The number of aromatic amines is 1. The summed E-state index contributed by atoms with van der Waals surface area (Å²) < 4.78 is 15.0. The van der Waals surface area contributed by atoms with Crippen molar-refractivity contribution >= 4 is 39.6 Å². The van der Waals surface area contributed by atoms with Crippen molar-refractivity contribution in [3.8, 4) is 17.3 Å². The Bertz CT molecular complexity index is 1870. The number of likely N-dealkylation sites (N-methyl/N-ethyl adjacent to an activating group) is 1. The SMILES string of the molecule is CN[C@@H](C)C(=O)Nc1ccc(-c2cccc(C#N)c2)n(Cc2nc(C(=O)c3cc4cc(F)ccc4[nH]3)cs2)c1=O. The molecular formula is C29H23FN6O3S. The lowest BCUT2D eigenvalue weighted by atomic mass is 10.1. The summed E-state index contributed by atoms with van der Waals surface area (Å²) in [7, 11) is 1.64. The van der Waals surface area contributed by atoms with E-state index < -0.39 is 17.4 Å². The number of thiazole rings is 1. The fraction of sp³-hybridized carbons (Fsp3) is 0.138. The summed E-state index contributed by atoms with van der Waals surface area (Å²) in [5.74, 6) is -1.14. The summed E-state index contributed by atoms with van der Waals surface area (Å²) >= 11 is 1.21. The highest BCUT2D eigenvalue weighted by Gasteiger charge is 2.19. The second kappa shape index (κ2) is 11.1. The second-order valence-corrected chi connectivity index (χ2v) is 10.0. The summed E-state index contributed by atoms with van der Waals surface area (Å²) in [6, 6.07) is 17.4. The third kappa shape index (κ3) is 5.31. The molecule has 1 atom stereocenters. The molecule has 1 amide bonds. The number of rotatable bonds is 8. The minimum Gasteiger partial charge on any atom is -0.352 e. The minimum atomic E-state index is -0.520. The van der Waals surface area contributed by atoms with Crippen LogP contribution >= 0.6 is 11.3 Å². The van der Waals surface area contributed by atoms with Crippen molar-refractivity contribution in [3.63, 3.8) is 0 Å². The van der Waals surface area contributed by atoms with Crippen molar-refractivity contribution in [2.24, 2.45) is 0 Å². The van der Waals surface area contributed by atoms with Gasteiger partial charge in [0.05, 0.1) is 35.6 Å². The fourth-order valence-corrected chi connectivity index (χ4v) is 4.95. The van der Waals surface area contributed by atoms with E-state index in [9.17, 15) is 24.0 Å². The molecule has 0 saturated heterocycles. The topological polar surface area (TPSA) is 133 Å². The average Bonchev–Trinajstić information content (AvgIpc) is 3.61. The first-order chi connectivity index (χ1) is 19.3. The number of aromatic nitrogens is 3. The second-order valence-electron chi connectivity index (χ2n) is 9.09. The van der Waals surface area contributed by atoms with Crippen molar-refractivity contribution < 1.29 is 14.0 Å². The molecule has 5 aromatic rings. The zero-order chi connectivity index (χ0) is 28.4. The number of carbonyl (C=O) groups excluding carboxylic acids is 2. The summed E-state index contributed by atoms with van der Waals surface area (Å²) in [5, 5.41) is 17.5. The zero-order valence-electron chi connectivity index (χ0n) is 21.5. The first kappa shape index (κ1) is 26.7. The number of nitrogens with zero attached hydrogens (tertiary/aromatic N) is 3. The third-order valence-corrected chi connectivity index (χ3v) is 7.28. The van der Waals surface area contributed by atoms with E-state index in [1.54, 1.807) is 61.8 Å². The molecule has 0 fully saturated rings. The first-order valence-electron chi connectivity index (χ1n) is 12.3.